The first-order chi connectivity index (χ1) is 16.0. The van der Waals surface area contributed by atoms with E-state index in [1.807, 2.05) is 48.5 Å². The van der Waals surface area contributed by atoms with E-state index in [4.69, 9.17) is 4.74 Å². The summed E-state index contributed by atoms with van der Waals surface area (Å²) in [5.41, 5.74) is 2.20. The van der Waals surface area contributed by atoms with Crippen LogP contribution in [0.5, 0.6) is 11.5 Å². The molecular formula is C27H26N2O4. The van der Waals surface area contributed by atoms with Crippen LogP contribution >= 0.6 is 0 Å². The summed E-state index contributed by atoms with van der Waals surface area (Å²) in [5, 5.41) is 12.6. The lowest BCUT2D eigenvalue weighted by atomic mass is 9.97. The molecule has 4 aromatic carbocycles. The minimum absolute atomic E-state index is 0.0640. The number of nitrogens with zero attached hydrogens (tertiary/aromatic N) is 1. The number of hydrogen-bond donors (Lipinski definition) is 2. The molecule has 0 amide bonds. The molecule has 4 aromatic rings. The van der Waals surface area contributed by atoms with Crippen molar-refractivity contribution in [3.63, 3.8) is 0 Å². The van der Waals surface area contributed by atoms with Gasteiger partial charge in [-0.1, -0.05) is 43.3 Å². The SMILES string of the molecule is COc1ccc(N(CCC(C)c2ccccc2)c2cccc(Nc3c(O)c(=O)c3=O)c2)cc1. The topological polar surface area (TPSA) is 78.9 Å². The Hall–Kier alpha value is -4.06. The summed E-state index contributed by atoms with van der Waals surface area (Å²) < 4.78 is 5.30. The van der Waals surface area contributed by atoms with Crippen LogP contribution in [-0.2, 0) is 0 Å². The number of ether oxygens (including phenoxy) is 1. The Morgan fingerprint density at radius 2 is 1.64 bits per heavy atom. The highest BCUT2D eigenvalue weighted by Gasteiger charge is 2.20. The van der Waals surface area contributed by atoms with Crippen LogP contribution in [0.15, 0.2) is 88.5 Å². The number of nitrogens with one attached hydrogen (secondary N) is 1. The van der Waals surface area contributed by atoms with Gasteiger partial charge >= 0.3 is 0 Å². The molecule has 6 heteroatoms. The summed E-state index contributed by atoms with van der Waals surface area (Å²) in [7, 11) is 1.64. The van der Waals surface area contributed by atoms with Gasteiger partial charge in [0.1, 0.15) is 11.4 Å². The first-order valence-electron chi connectivity index (χ1n) is 10.8. The predicted octanol–water partition coefficient (Wildman–Crippen LogP) is 5.07. The third-order valence-electron chi connectivity index (χ3n) is 5.85. The molecule has 0 bridgehead atoms. The summed E-state index contributed by atoms with van der Waals surface area (Å²) >= 11 is 0. The highest BCUT2D eigenvalue weighted by atomic mass is 16.5. The average Bonchev–Trinajstić information content (AvgIpc) is 2.87. The smallest absolute Gasteiger partial charge is 0.271 e. The minimum atomic E-state index is -0.858. The second kappa shape index (κ2) is 9.61. The monoisotopic (exact) mass is 442 g/mol. The van der Waals surface area contributed by atoms with Crippen molar-refractivity contribution in [2.45, 2.75) is 19.3 Å². The van der Waals surface area contributed by atoms with Crippen LogP contribution in [0, 0.1) is 0 Å². The maximum atomic E-state index is 11.7. The van der Waals surface area contributed by atoms with Crippen LogP contribution < -0.4 is 25.8 Å². The van der Waals surface area contributed by atoms with Crippen LogP contribution in [0.2, 0.25) is 0 Å². The summed E-state index contributed by atoms with van der Waals surface area (Å²) in [6.07, 6.45) is 0.923. The highest BCUT2D eigenvalue weighted by Crippen LogP contribution is 2.32. The van der Waals surface area contributed by atoms with Gasteiger partial charge in [0.15, 0.2) is 5.75 Å². The summed E-state index contributed by atoms with van der Waals surface area (Å²) in [6, 6.07) is 25.8. The van der Waals surface area contributed by atoms with Gasteiger partial charge in [-0.25, -0.2) is 0 Å². The Bertz CT molecular complexity index is 1290. The lowest BCUT2D eigenvalue weighted by molar-refractivity contribution is 0.415. The maximum Gasteiger partial charge on any atom is 0.271 e. The van der Waals surface area contributed by atoms with E-state index < -0.39 is 16.6 Å². The fourth-order valence-electron chi connectivity index (χ4n) is 3.83. The molecule has 0 aliphatic rings. The fraction of sp³-hybridized carbons (Fsp3) is 0.185. The number of aromatic hydroxyl groups is 1. The zero-order chi connectivity index (χ0) is 23.4. The Kier molecular flexibility index (Phi) is 6.45. The Labute approximate surface area is 192 Å². The molecule has 1 unspecified atom stereocenters. The van der Waals surface area contributed by atoms with E-state index in [1.54, 1.807) is 13.2 Å². The van der Waals surface area contributed by atoms with Crippen molar-refractivity contribution >= 4 is 22.7 Å². The third-order valence-corrected chi connectivity index (χ3v) is 5.85. The lowest BCUT2D eigenvalue weighted by Crippen LogP contribution is -2.32. The first-order valence-corrected chi connectivity index (χ1v) is 10.8. The fourth-order valence-corrected chi connectivity index (χ4v) is 3.83. The Morgan fingerprint density at radius 1 is 0.909 bits per heavy atom. The van der Waals surface area contributed by atoms with E-state index in [-0.39, 0.29) is 5.69 Å². The van der Waals surface area contributed by atoms with Crippen molar-refractivity contribution in [3.05, 3.63) is 105 Å². The van der Waals surface area contributed by atoms with Gasteiger partial charge in [-0.15, -0.1) is 0 Å². The van der Waals surface area contributed by atoms with E-state index in [2.05, 4.69) is 41.4 Å². The molecule has 0 aromatic heterocycles. The quantitative estimate of drug-likeness (QED) is 0.352. The molecular weight excluding hydrogens is 416 g/mol. The van der Waals surface area contributed by atoms with Crippen molar-refractivity contribution in [2.75, 3.05) is 23.9 Å². The highest BCUT2D eigenvalue weighted by molar-refractivity contribution is 5.73. The van der Waals surface area contributed by atoms with Crippen LogP contribution in [0.4, 0.5) is 22.7 Å². The molecule has 0 aliphatic heterocycles. The van der Waals surface area contributed by atoms with E-state index in [0.29, 0.717) is 11.6 Å². The van der Waals surface area contributed by atoms with Gasteiger partial charge in [0.2, 0.25) is 0 Å². The van der Waals surface area contributed by atoms with Crippen LogP contribution in [0.25, 0.3) is 0 Å². The minimum Gasteiger partial charge on any atom is -0.502 e. The molecule has 0 radical (unpaired) electrons. The second-order valence-electron chi connectivity index (χ2n) is 8.01. The zero-order valence-corrected chi connectivity index (χ0v) is 18.6. The summed E-state index contributed by atoms with van der Waals surface area (Å²) in [6.45, 7) is 2.98. The van der Waals surface area contributed by atoms with Gasteiger partial charge in [0.25, 0.3) is 10.9 Å². The van der Waals surface area contributed by atoms with Crippen molar-refractivity contribution < 1.29 is 9.84 Å². The zero-order valence-electron chi connectivity index (χ0n) is 18.6. The van der Waals surface area contributed by atoms with Crippen molar-refractivity contribution in [1.82, 2.24) is 0 Å². The van der Waals surface area contributed by atoms with Gasteiger partial charge in [0.05, 0.1) is 7.11 Å². The van der Waals surface area contributed by atoms with Crippen molar-refractivity contribution in [3.8, 4) is 11.5 Å². The first kappa shape index (κ1) is 22.1. The van der Waals surface area contributed by atoms with Crippen LogP contribution in [0.3, 0.4) is 0 Å². The van der Waals surface area contributed by atoms with E-state index in [1.165, 1.54) is 5.56 Å². The van der Waals surface area contributed by atoms with Gasteiger partial charge in [-0.05, 0) is 60.4 Å². The predicted molar refractivity (Wildman–Crippen MR) is 132 cm³/mol. The molecule has 2 N–H and O–H groups in total. The van der Waals surface area contributed by atoms with Gasteiger partial charge in [0, 0.05) is 23.6 Å². The molecule has 0 saturated carbocycles. The molecule has 0 fully saturated rings. The summed E-state index contributed by atoms with van der Waals surface area (Å²) in [4.78, 5) is 25.3. The molecule has 0 saturated heterocycles. The molecule has 0 aliphatic carbocycles. The maximum absolute atomic E-state index is 11.7. The average molecular weight is 443 g/mol. The van der Waals surface area contributed by atoms with Gasteiger partial charge in [-0.3, -0.25) is 9.59 Å². The standard InChI is InChI=1S/C27H26N2O4/c1-18(19-7-4-3-5-8-19)15-16-29(21-11-13-23(33-2)14-12-21)22-10-6-9-20(17-22)28-24-25(30)27(32)26(24)31/h3-14,17-18,28,30H,15-16H2,1-2H3. The van der Waals surface area contributed by atoms with Crippen molar-refractivity contribution in [1.29, 1.82) is 0 Å². The number of rotatable bonds is 9. The van der Waals surface area contributed by atoms with Crippen LogP contribution in [-0.4, -0.2) is 18.8 Å². The molecule has 33 heavy (non-hydrogen) atoms. The van der Waals surface area contributed by atoms with E-state index >= 15 is 0 Å². The van der Waals surface area contributed by atoms with Crippen LogP contribution in [0.1, 0.15) is 24.8 Å². The lowest BCUT2D eigenvalue weighted by Gasteiger charge is -2.27. The van der Waals surface area contributed by atoms with Gasteiger partial charge < -0.3 is 20.1 Å². The van der Waals surface area contributed by atoms with E-state index in [9.17, 15) is 14.7 Å². The molecule has 0 spiro atoms. The molecule has 1 atom stereocenters. The third kappa shape index (κ3) is 4.75. The second-order valence-corrected chi connectivity index (χ2v) is 8.01. The normalized spacial score (nSPS) is 11.8. The molecule has 6 nitrogen and oxygen atoms in total. The Balaban J connectivity index is 1.61. The summed E-state index contributed by atoms with van der Waals surface area (Å²) in [5.74, 6) is 0.630. The number of anilines is 4. The largest absolute Gasteiger partial charge is 0.502 e. The molecule has 168 valence electrons. The van der Waals surface area contributed by atoms with Gasteiger partial charge in [-0.2, -0.15) is 0 Å². The number of methoxy groups -OCH3 is 1. The molecule has 4 rings (SSSR count). The van der Waals surface area contributed by atoms with Crippen molar-refractivity contribution in [2.24, 2.45) is 0 Å². The number of hydrogen-bond acceptors (Lipinski definition) is 6. The Morgan fingerprint density at radius 3 is 2.30 bits per heavy atom. The number of benzene rings is 3. The molecule has 0 heterocycles. The van der Waals surface area contributed by atoms with E-state index in [0.717, 1.165) is 30.1 Å².